The predicted molar refractivity (Wildman–Crippen MR) is 133 cm³/mol. The minimum Gasteiger partial charge on any atom is -0.484 e. The van der Waals surface area contributed by atoms with Gasteiger partial charge in [-0.3, -0.25) is 0 Å². The van der Waals surface area contributed by atoms with Crippen LogP contribution >= 0.6 is 0 Å². The Kier molecular flexibility index (Phi) is 6.15. The van der Waals surface area contributed by atoms with Crippen molar-refractivity contribution in [3.63, 3.8) is 0 Å². The van der Waals surface area contributed by atoms with E-state index in [4.69, 9.17) is 9.15 Å². The van der Waals surface area contributed by atoms with E-state index in [-0.39, 0.29) is 18.7 Å². The topological polar surface area (TPSA) is 105 Å². The lowest BCUT2D eigenvalue weighted by Crippen LogP contribution is -2.34. The Bertz CT molecular complexity index is 1380. The van der Waals surface area contributed by atoms with Crippen LogP contribution in [0.4, 0.5) is 10.5 Å². The van der Waals surface area contributed by atoms with Gasteiger partial charge in [0.2, 0.25) is 5.89 Å². The molecule has 8 nitrogen and oxygen atoms in total. The summed E-state index contributed by atoms with van der Waals surface area (Å²) in [6, 6.07) is 16.0. The standard InChI is InChI=1S/C27H27N5O3/c1-17(2)30-27(33)31-19-8-6-18(7-9-19)26-23(15-28)22-11-10-21(35-16-25-29-12-13-34-25)14-24(22)32(26)20-4-3-5-20/h6-14,17,20H,3-5,16H2,1-2H3,(H2,30,31,33). The van der Waals surface area contributed by atoms with Crippen LogP contribution in [0.25, 0.3) is 22.2 Å². The number of aromatic nitrogens is 2. The van der Waals surface area contributed by atoms with Crippen LogP contribution in [0.1, 0.15) is 50.6 Å². The molecule has 1 saturated carbocycles. The Labute approximate surface area is 203 Å². The second kappa shape index (κ2) is 9.55. The number of amides is 2. The molecule has 0 unspecified atom stereocenters. The molecule has 2 aromatic carbocycles. The zero-order valence-electron chi connectivity index (χ0n) is 19.7. The van der Waals surface area contributed by atoms with Crippen molar-refractivity contribution in [2.24, 2.45) is 0 Å². The molecular weight excluding hydrogens is 442 g/mol. The van der Waals surface area contributed by atoms with E-state index in [9.17, 15) is 10.1 Å². The molecule has 2 heterocycles. The Morgan fingerprint density at radius 2 is 2.06 bits per heavy atom. The molecule has 8 heteroatoms. The number of fused-ring (bicyclic) bond motifs is 1. The maximum atomic E-state index is 12.1. The minimum atomic E-state index is -0.244. The first kappa shape index (κ1) is 22.5. The van der Waals surface area contributed by atoms with E-state index in [1.807, 2.05) is 56.3 Å². The number of urea groups is 1. The third-order valence-corrected chi connectivity index (χ3v) is 6.21. The van der Waals surface area contributed by atoms with Crippen molar-refractivity contribution in [3.05, 3.63) is 66.4 Å². The molecule has 0 atom stereocenters. The number of nitrogens with one attached hydrogen (secondary N) is 2. The first-order valence-electron chi connectivity index (χ1n) is 11.8. The SMILES string of the molecule is CC(C)NC(=O)Nc1ccc(-c2c(C#N)c3ccc(OCc4ncco4)cc3n2C2CCC2)cc1. The highest BCUT2D eigenvalue weighted by Gasteiger charge is 2.28. The zero-order chi connectivity index (χ0) is 24.4. The Balaban J connectivity index is 1.51. The number of nitriles is 1. The third kappa shape index (κ3) is 4.58. The number of oxazole rings is 1. The van der Waals surface area contributed by atoms with Crippen molar-refractivity contribution in [1.82, 2.24) is 14.9 Å². The molecule has 0 aliphatic heterocycles. The summed E-state index contributed by atoms with van der Waals surface area (Å²) in [6.45, 7) is 4.06. The van der Waals surface area contributed by atoms with Crippen LogP contribution in [0.2, 0.25) is 0 Å². The average Bonchev–Trinajstić information content (AvgIpc) is 3.43. The van der Waals surface area contributed by atoms with Gasteiger partial charge < -0.3 is 24.4 Å². The molecule has 2 N–H and O–H groups in total. The molecule has 35 heavy (non-hydrogen) atoms. The van der Waals surface area contributed by atoms with Crippen molar-refractivity contribution in [3.8, 4) is 23.1 Å². The Morgan fingerprint density at radius 3 is 2.69 bits per heavy atom. The second-order valence-corrected chi connectivity index (χ2v) is 9.01. The number of carbonyl (C=O) groups is 1. The highest BCUT2D eigenvalue weighted by Crippen LogP contribution is 2.43. The monoisotopic (exact) mass is 469 g/mol. The molecule has 0 radical (unpaired) electrons. The second-order valence-electron chi connectivity index (χ2n) is 9.01. The number of carbonyl (C=O) groups excluding carboxylic acids is 1. The molecule has 0 saturated heterocycles. The van der Waals surface area contributed by atoms with Crippen molar-refractivity contribution in [1.29, 1.82) is 5.26 Å². The van der Waals surface area contributed by atoms with E-state index in [2.05, 4.69) is 26.3 Å². The summed E-state index contributed by atoms with van der Waals surface area (Å²) in [4.78, 5) is 16.2. The van der Waals surface area contributed by atoms with Crippen LogP contribution in [-0.4, -0.2) is 21.6 Å². The molecule has 1 aliphatic rings. The van der Waals surface area contributed by atoms with Gasteiger partial charge in [-0.25, -0.2) is 9.78 Å². The van der Waals surface area contributed by atoms with Crippen LogP contribution in [0.3, 0.4) is 0 Å². The quantitative estimate of drug-likeness (QED) is 0.345. The first-order chi connectivity index (χ1) is 17.0. The van der Waals surface area contributed by atoms with Gasteiger partial charge in [0, 0.05) is 29.2 Å². The molecule has 2 aromatic heterocycles. The fraction of sp³-hybridized carbons (Fsp3) is 0.296. The van der Waals surface area contributed by atoms with E-state index >= 15 is 0 Å². The summed E-state index contributed by atoms with van der Waals surface area (Å²) in [7, 11) is 0. The van der Waals surface area contributed by atoms with Crippen LogP contribution < -0.4 is 15.4 Å². The predicted octanol–water partition coefficient (Wildman–Crippen LogP) is 6.00. The molecule has 0 spiro atoms. The Morgan fingerprint density at radius 1 is 1.26 bits per heavy atom. The molecular formula is C27H27N5O3. The highest BCUT2D eigenvalue weighted by molar-refractivity contribution is 5.96. The molecule has 178 valence electrons. The summed E-state index contributed by atoms with van der Waals surface area (Å²) >= 11 is 0. The summed E-state index contributed by atoms with van der Waals surface area (Å²) in [5.74, 6) is 1.20. The lowest BCUT2D eigenvalue weighted by atomic mass is 9.92. The number of hydrogen-bond donors (Lipinski definition) is 2. The van der Waals surface area contributed by atoms with E-state index in [1.54, 1.807) is 6.20 Å². The van der Waals surface area contributed by atoms with E-state index in [1.165, 1.54) is 12.7 Å². The maximum Gasteiger partial charge on any atom is 0.319 e. The van der Waals surface area contributed by atoms with E-state index in [0.29, 0.717) is 28.9 Å². The molecule has 0 bridgehead atoms. The van der Waals surface area contributed by atoms with Gasteiger partial charge in [0.1, 0.15) is 18.1 Å². The van der Waals surface area contributed by atoms with Crippen molar-refractivity contribution in [2.45, 2.75) is 51.8 Å². The number of hydrogen-bond acceptors (Lipinski definition) is 5. The van der Waals surface area contributed by atoms with Gasteiger partial charge in [-0.15, -0.1) is 0 Å². The highest BCUT2D eigenvalue weighted by atomic mass is 16.5. The zero-order valence-corrected chi connectivity index (χ0v) is 19.7. The fourth-order valence-electron chi connectivity index (χ4n) is 4.41. The van der Waals surface area contributed by atoms with Crippen molar-refractivity contribution in [2.75, 3.05) is 5.32 Å². The maximum absolute atomic E-state index is 12.1. The van der Waals surface area contributed by atoms with Crippen molar-refractivity contribution >= 4 is 22.6 Å². The average molecular weight is 470 g/mol. The minimum absolute atomic E-state index is 0.0508. The largest absolute Gasteiger partial charge is 0.484 e. The lowest BCUT2D eigenvalue weighted by molar-refractivity contribution is 0.250. The van der Waals surface area contributed by atoms with Crippen molar-refractivity contribution < 1.29 is 13.9 Å². The molecule has 5 rings (SSSR count). The molecule has 1 aliphatic carbocycles. The Hall–Kier alpha value is -4.25. The molecule has 4 aromatic rings. The van der Waals surface area contributed by atoms with Gasteiger partial charge in [-0.05, 0) is 62.9 Å². The number of ether oxygens (including phenoxy) is 1. The lowest BCUT2D eigenvalue weighted by Gasteiger charge is -2.30. The van der Waals surface area contributed by atoms with Gasteiger partial charge in [-0.1, -0.05) is 12.1 Å². The van der Waals surface area contributed by atoms with Crippen LogP contribution in [0, 0.1) is 11.3 Å². The smallest absolute Gasteiger partial charge is 0.319 e. The summed E-state index contributed by atoms with van der Waals surface area (Å²) in [6.07, 6.45) is 6.41. The summed E-state index contributed by atoms with van der Waals surface area (Å²) < 4.78 is 13.5. The van der Waals surface area contributed by atoms with Gasteiger partial charge in [0.05, 0.1) is 23.0 Å². The third-order valence-electron chi connectivity index (χ3n) is 6.21. The normalized spacial score (nSPS) is 13.4. The molecule has 1 fully saturated rings. The summed E-state index contributed by atoms with van der Waals surface area (Å²) in [5, 5.41) is 16.7. The van der Waals surface area contributed by atoms with E-state index in [0.717, 1.165) is 35.0 Å². The number of benzene rings is 2. The number of rotatable bonds is 7. The van der Waals surface area contributed by atoms with Crippen LogP contribution in [0.15, 0.2) is 59.3 Å². The van der Waals surface area contributed by atoms with Crippen LogP contribution in [-0.2, 0) is 6.61 Å². The van der Waals surface area contributed by atoms with Gasteiger partial charge in [0.15, 0.2) is 6.61 Å². The van der Waals surface area contributed by atoms with Crippen LogP contribution in [0.5, 0.6) is 5.75 Å². The number of anilines is 1. The van der Waals surface area contributed by atoms with Gasteiger partial charge in [0.25, 0.3) is 0 Å². The summed E-state index contributed by atoms with van der Waals surface area (Å²) in [5.41, 5.74) is 4.14. The van der Waals surface area contributed by atoms with Gasteiger partial charge >= 0.3 is 6.03 Å². The molecule has 2 amide bonds. The first-order valence-corrected chi connectivity index (χ1v) is 11.8. The van der Waals surface area contributed by atoms with E-state index < -0.39 is 0 Å². The fourth-order valence-corrected chi connectivity index (χ4v) is 4.41. The van der Waals surface area contributed by atoms with Gasteiger partial charge in [-0.2, -0.15) is 5.26 Å². The number of nitrogens with zero attached hydrogens (tertiary/aromatic N) is 3.